The molecule has 0 spiro atoms. The standard InChI is InChI=1S/C14H10F3N5O2/c15-14(16,17)12-20-13(22-21-12)19-10(23)6-8-5-7-3-1-2-4-9(7)18-11(8)24/h1-5H,6H2,(H,18,24)(H2,19,20,21,22,23). The number of aromatic amines is 2. The number of hydrogen-bond acceptors (Lipinski definition) is 4. The van der Waals surface area contributed by atoms with Crippen LogP contribution in [-0.4, -0.2) is 26.1 Å². The molecule has 0 saturated carbocycles. The summed E-state index contributed by atoms with van der Waals surface area (Å²) in [5, 5.41) is 7.79. The summed E-state index contributed by atoms with van der Waals surface area (Å²) in [7, 11) is 0. The number of fused-ring (bicyclic) bond motifs is 1. The molecule has 0 unspecified atom stereocenters. The molecule has 0 bridgehead atoms. The summed E-state index contributed by atoms with van der Waals surface area (Å²) in [5.41, 5.74) is 0.350. The van der Waals surface area contributed by atoms with Gasteiger partial charge < -0.3 is 4.98 Å². The number of para-hydroxylation sites is 1. The minimum atomic E-state index is -4.69. The van der Waals surface area contributed by atoms with Crippen molar-refractivity contribution in [2.75, 3.05) is 5.32 Å². The topological polar surface area (TPSA) is 104 Å². The molecule has 2 heterocycles. The summed E-state index contributed by atoms with van der Waals surface area (Å²) in [6, 6.07) is 8.56. The largest absolute Gasteiger partial charge is 0.451 e. The summed E-state index contributed by atoms with van der Waals surface area (Å²) in [6.45, 7) is 0. The molecular formula is C14H10F3N5O2. The highest BCUT2D eigenvalue weighted by Crippen LogP contribution is 2.26. The zero-order valence-corrected chi connectivity index (χ0v) is 11.9. The van der Waals surface area contributed by atoms with Gasteiger partial charge in [-0.25, -0.2) is 0 Å². The average Bonchev–Trinajstić information content (AvgIpc) is 2.96. The van der Waals surface area contributed by atoms with Crippen LogP contribution < -0.4 is 10.9 Å². The van der Waals surface area contributed by atoms with E-state index in [-0.39, 0.29) is 12.0 Å². The van der Waals surface area contributed by atoms with Crippen molar-refractivity contribution in [3.05, 3.63) is 52.1 Å². The van der Waals surface area contributed by atoms with Crippen LogP contribution in [0.1, 0.15) is 11.4 Å². The summed E-state index contributed by atoms with van der Waals surface area (Å²) < 4.78 is 37.2. The number of nitrogens with one attached hydrogen (secondary N) is 3. The summed E-state index contributed by atoms with van der Waals surface area (Å²) in [4.78, 5) is 29.6. The van der Waals surface area contributed by atoms with E-state index in [2.05, 4.69) is 20.4 Å². The lowest BCUT2D eigenvalue weighted by molar-refractivity contribution is -0.144. The SMILES string of the molecule is O=C(Cc1cc2ccccc2[nH]c1=O)Nc1n[nH]c(C(F)(F)F)n1. The molecule has 0 saturated heterocycles. The molecule has 0 aliphatic carbocycles. The van der Waals surface area contributed by atoms with E-state index in [1.165, 1.54) is 0 Å². The van der Waals surface area contributed by atoms with E-state index in [0.717, 1.165) is 5.39 Å². The van der Waals surface area contributed by atoms with Crippen molar-refractivity contribution in [3.8, 4) is 0 Å². The molecule has 7 nitrogen and oxygen atoms in total. The van der Waals surface area contributed by atoms with E-state index < -0.39 is 29.4 Å². The zero-order valence-electron chi connectivity index (χ0n) is 11.9. The van der Waals surface area contributed by atoms with Gasteiger partial charge in [-0.3, -0.25) is 20.0 Å². The third-order valence-electron chi connectivity index (χ3n) is 3.19. The van der Waals surface area contributed by atoms with Crippen LogP contribution in [0.3, 0.4) is 0 Å². The monoisotopic (exact) mass is 337 g/mol. The minimum Gasteiger partial charge on any atom is -0.322 e. The van der Waals surface area contributed by atoms with Crippen molar-refractivity contribution in [1.82, 2.24) is 20.2 Å². The Morgan fingerprint density at radius 2 is 2.00 bits per heavy atom. The molecule has 124 valence electrons. The number of benzene rings is 1. The maximum atomic E-state index is 12.4. The van der Waals surface area contributed by atoms with Crippen molar-refractivity contribution in [2.45, 2.75) is 12.6 Å². The number of halogens is 3. The number of pyridine rings is 1. The van der Waals surface area contributed by atoms with E-state index >= 15 is 0 Å². The summed E-state index contributed by atoms with van der Waals surface area (Å²) >= 11 is 0. The Balaban J connectivity index is 1.76. The fraction of sp³-hybridized carbons (Fsp3) is 0.143. The number of carbonyl (C=O) groups excluding carboxylic acids is 1. The number of carbonyl (C=O) groups is 1. The Bertz CT molecular complexity index is 961. The Morgan fingerprint density at radius 1 is 1.25 bits per heavy atom. The highest BCUT2D eigenvalue weighted by Gasteiger charge is 2.35. The van der Waals surface area contributed by atoms with Gasteiger partial charge in [-0.05, 0) is 17.5 Å². The van der Waals surface area contributed by atoms with Gasteiger partial charge >= 0.3 is 6.18 Å². The second-order valence-electron chi connectivity index (χ2n) is 4.94. The van der Waals surface area contributed by atoms with Crippen LogP contribution in [0.4, 0.5) is 19.1 Å². The van der Waals surface area contributed by atoms with E-state index in [9.17, 15) is 22.8 Å². The number of hydrogen-bond donors (Lipinski definition) is 3. The molecule has 1 amide bonds. The second-order valence-corrected chi connectivity index (χ2v) is 4.94. The van der Waals surface area contributed by atoms with Gasteiger partial charge in [0.2, 0.25) is 17.7 Å². The molecule has 0 aliphatic heterocycles. The van der Waals surface area contributed by atoms with Crippen LogP contribution in [-0.2, 0) is 17.4 Å². The number of rotatable bonds is 3. The van der Waals surface area contributed by atoms with Crippen LogP contribution >= 0.6 is 0 Å². The van der Waals surface area contributed by atoms with Gasteiger partial charge in [0, 0.05) is 11.1 Å². The highest BCUT2D eigenvalue weighted by atomic mass is 19.4. The van der Waals surface area contributed by atoms with E-state index in [0.29, 0.717) is 5.52 Å². The Morgan fingerprint density at radius 3 is 2.71 bits per heavy atom. The van der Waals surface area contributed by atoms with Crippen molar-refractivity contribution in [3.63, 3.8) is 0 Å². The first kappa shape index (κ1) is 15.7. The smallest absolute Gasteiger partial charge is 0.322 e. The van der Waals surface area contributed by atoms with Gasteiger partial charge in [0.25, 0.3) is 5.56 Å². The molecule has 0 aliphatic rings. The molecule has 0 fully saturated rings. The Labute approximate surface area is 131 Å². The number of H-pyrrole nitrogens is 2. The van der Waals surface area contributed by atoms with Gasteiger partial charge in [-0.1, -0.05) is 18.2 Å². The molecule has 3 aromatic rings. The molecule has 10 heteroatoms. The minimum absolute atomic E-state index is 0.179. The van der Waals surface area contributed by atoms with E-state index in [1.807, 2.05) is 0 Å². The number of anilines is 1. The van der Waals surface area contributed by atoms with Crippen molar-refractivity contribution >= 4 is 22.8 Å². The number of amides is 1. The lowest BCUT2D eigenvalue weighted by Gasteiger charge is -2.03. The molecule has 24 heavy (non-hydrogen) atoms. The molecule has 0 atom stereocenters. The molecule has 3 N–H and O–H groups in total. The predicted molar refractivity (Wildman–Crippen MR) is 78.3 cm³/mol. The number of nitrogens with zero attached hydrogens (tertiary/aromatic N) is 2. The maximum Gasteiger partial charge on any atom is 0.451 e. The number of aromatic nitrogens is 4. The van der Waals surface area contributed by atoms with Crippen molar-refractivity contribution in [2.24, 2.45) is 0 Å². The molecular weight excluding hydrogens is 327 g/mol. The maximum absolute atomic E-state index is 12.4. The lowest BCUT2D eigenvalue weighted by Crippen LogP contribution is -2.21. The fourth-order valence-electron chi connectivity index (χ4n) is 2.11. The van der Waals surface area contributed by atoms with Crippen molar-refractivity contribution < 1.29 is 18.0 Å². The highest BCUT2D eigenvalue weighted by molar-refractivity contribution is 5.91. The van der Waals surface area contributed by atoms with Crippen LogP contribution in [0.2, 0.25) is 0 Å². The quantitative estimate of drug-likeness (QED) is 0.678. The third-order valence-corrected chi connectivity index (χ3v) is 3.19. The zero-order chi connectivity index (χ0) is 17.3. The first-order valence-corrected chi connectivity index (χ1v) is 6.73. The molecule has 1 aromatic carbocycles. The van der Waals surface area contributed by atoms with Gasteiger partial charge in [0.1, 0.15) is 0 Å². The van der Waals surface area contributed by atoms with Crippen LogP contribution in [0.15, 0.2) is 35.1 Å². The first-order chi connectivity index (χ1) is 11.3. The van der Waals surface area contributed by atoms with E-state index in [4.69, 9.17) is 0 Å². The molecule has 3 rings (SSSR count). The van der Waals surface area contributed by atoms with Gasteiger partial charge in [-0.2, -0.15) is 18.2 Å². The van der Waals surface area contributed by atoms with Crippen LogP contribution in [0.5, 0.6) is 0 Å². The van der Waals surface area contributed by atoms with Gasteiger partial charge in [0.15, 0.2) is 0 Å². The Kier molecular flexibility index (Phi) is 3.80. The lowest BCUT2D eigenvalue weighted by atomic mass is 10.1. The normalized spacial score (nSPS) is 11.6. The number of alkyl halides is 3. The fourth-order valence-corrected chi connectivity index (χ4v) is 2.11. The van der Waals surface area contributed by atoms with Crippen LogP contribution in [0.25, 0.3) is 10.9 Å². The summed E-state index contributed by atoms with van der Waals surface area (Å²) in [5.74, 6) is -2.53. The Hall–Kier alpha value is -3.17. The molecule has 0 radical (unpaired) electrons. The average molecular weight is 337 g/mol. The third kappa shape index (κ3) is 3.26. The van der Waals surface area contributed by atoms with Gasteiger partial charge in [-0.15, -0.1) is 5.10 Å². The van der Waals surface area contributed by atoms with Crippen molar-refractivity contribution in [1.29, 1.82) is 0 Å². The van der Waals surface area contributed by atoms with E-state index in [1.54, 1.807) is 35.4 Å². The first-order valence-electron chi connectivity index (χ1n) is 6.73. The summed E-state index contributed by atoms with van der Waals surface area (Å²) in [6.07, 6.45) is -5.01. The van der Waals surface area contributed by atoms with Crippen LogP contribution in [0, 0.1) is 0 Å². The second kappa shape index (κ2) is 5.80. The van der Waals surface area contributed by atoms with Gasteiger partial charge in [0.05, 0.1) is 6.42 Å². The molecule has 2 aromatic heterocycles. The predicted octanol–water partition coefficient (Wildman–Crippen LogP) is 1.85.